The van der Waals surface area contributed by atoms with Crippen molar-refractivity contribution in [1.82, 2.24) is 23.9 Å². The van der Waals surface area contributed by atoms with Gasteiger partial charge in [0.2, 0.25) is 5.78 Å². The van der Waals surface area contributed by atoms with Crippen molar-refractivity contribution < 1.29 is 28.5 Å². The third kappa shape index (κ3) is 3.31. The number of rotatable bonds is 3. The first-order valence-corrected chi connectivity index (χ1v) is 11.8. The summed E-state index contributed by atoms with van der Waals surface area (Å²) in [6.45, 7) is 0.0762. The zero-order chi connectivity index (χ0) is 22.9. The molecule has 0 aliphatic carbocycles. The van der Waals surface area contributed by atoms with Crippen molar-refractivity contribution in [3.8, 4) is 17.0 Å². The number of hydrogen-bond acceptors (Lipinski definition) is 9. The Labute approximate surface area is 194 Å². The number of benzene rings is 1. The van der Waals surface area contributed by atoms with E-state index in [1.807, 2.05) is 24.3 Å². The van der Waals surface area contributed by atoms with Gasteiger partial charge in [0.1, 0.15) is 24.1 Å². The molecular formula is C19H17BrN5O7P. The molecule has 3 aromatic heterocycles. The summed E-state index contributed by atoms with van der Waals surface area (Å²) in [6.07, 6.45) is -1.79. The third-order valence-electron chi connectivity index (χ3n) is 5.73. The molecule has 0 bridgehead atoms. The van der Waals surface area contributed by atoms with Crippen LogP contribution in [0, 0.1) is 0 Å². The van der Waals surface area contributed by atoms with E-state index in [1.165, 1.54) is 8.97 Å². The van der Waals surface area contributed by atoms with Crippen LogP contribution in [-0.2, 0) is 13.8 Å². The van der Waals surface area contributed by atoms with Gasteiger partial charge >= 0.3 is 8.60 Å². The van der Waals surface area contributed by atoms with Crippen LogP contribution in [-0.4, -0.2) is 65.9 Å². The minimum absolute atomic E-state index is 0.0762. The molecule has 2 aliphatic rings. The number of aromatic nitrogens is 5. The SMILES string of the molecule is COc1ccc(-c2cn3c(=O)c4nc(Br)n([C@@H]5OC6COP(O)O[C@H]6C5O)c4nc3[nH]2)cc1. The van der Waals surface area contributed by atoms with Crippen LogP contribution in [0.3, 0.4) is 0 Å². The molecule has 2 saturated heterocycles. The van der Waals surface area contributed by atoms with Crippen LogP contribution in [0.1, 0.15) is 6.23 Å². The lowest BCUT2D eigenvalue weighted by molar-refractivity contribution is -0.0594. The Balaban J connectivity index is 1.45. The molecule has 172 valence electrons. The first-order valence-electron chi connectivity index (χ1n) is 9.90. The standard InChI is InChI=1S/C19H17BrN5O7P/c1-29-9-4-2-8(3-5-9)10-6-24-16(27)12-15(23-19(24)21-10)25(18(20)22-12)17-13(26)14-11(31-17)7-30-33(28)32-14/h2-6,11,13-14,17,26,28H,7H2,1H3,(H,21,23)/t11?,13?,14-,17-,33?/m1/s1. The molecule has 0 radical (unpaired) electrons. The Morgan fingerprint density at radius 3 is 2.85 bits per heavy atom. The van der Waals surface area contributed by atoms with Gasteiger partial charge in [0.25, 0.3) is 5.56 Å². The number of H-pyrrole nitrogens is 1. The maximum Gasteiger partial charge on any atom is 0.330 e. The smallest absolute Gasteiger partial charge is 0.330 e. The molecule has 2 aliphatic heterocycles. The first kappa shape index (κ1) is 21.2. The van der Waals surface area contributed by atoms with E-state index in [1.54, 1.807) is 13.3 Å². The minimum Gasteiger partial charge on any atom is -0.497 e. The molecule has 12 nitrogen and oxygen atoms in total. The van der Waals surface area contributed by atoms with E-state index < -0.39 is 33.1 Å². The highest BCUT2D eigenvalue weighted by Gasteiger charge is 2.50. The molecule has 3 N–H and O–H groups in total. The molecule has 14 heteroatoms. The Morgan fingerprint density at radius 2 is 2.09 bits per heavy atom. The quantitative estimate of drug-likeness (QED) is 0.262. The summed E-state index contributed by atoms with van der Waals surface area (Å²) >= 11 is 3.35. The van der Waals surface area contributed by atoms with E-state index in [0.29, 0.717) is 11.5 Å². The number of hydrogen-bond donors (Lipinski definition) is 3. The van der Waals surface area contributed by atoms with E-state index in [2.05, 4.69) is 30.9 Å². The number of nitrogens with zero attached hydrogens (tertiary/aromatic N) is 4. The first-order chi connectivity index (χ1) is 15.9. The monoisotopic (exact) mass is 537 g/mol. The summed E-state index contributed by atoms with van der Waals surface area (Å²) in [4.78, 5) is 34.9. The van der Waals surface area contributed by atoms with Crippen LogP contribution < -0.4 is 10.3 Å². The fourth-order valence-corrected chi connectivity index (χ4v) is 5.46. The topological polar surface area (TPSA) is 145 Å². The lowest BCUT2D eigenvalue weighted by Crippen LogP contribution is -2.38. The van der Waals surface area contributed by atoms with Crippen LogP contribution in [0.2, 0.25) is 0 Å². The van der Waals surface area contributed by atoms with Gasteiger partial charge in [-0.1, -0.05) is 0 Å². The van der Waals surface area contributed by atoms with Crippen molar-refractivity contribution in [2.24, 2.45) is 0 Å². The maximum absolute atomic E-state index is 13.2. The van der Waals surface area contributed by atoms with Crippen molar-refractivity contribution in [1.29, 1.82) is 0 Å². The van der Waals surface area contributed by atoms with Gasteiger partial charge in [-0.05, 0) is 45.8 Å². The zero-order valence-corrected chi connectivity index (χ0v) is 19.4. The molecular weight excluding hydrogens is 521 g/mol. The molecule has 1 aromatic carbocycles. The van der Waals surface area contributed by atoms with Gasteiger partial charge in [-0.25, -0.2) is 9.38 Å². The summed E-state index contributed by atoms with van der Waals surface area (Å²) in [7, 11) is -0.486. The average Bonchev–Trinajstić information content (AvgIpc) is 3.48. The highest BCUT2D eigenvalue weighted by molar-refractivity contribution is 9.10. The molecule has 5 atom stereocenters. The lowest BCUT2D eigenvalue weighted by Gasteiger charge is -2.27. The molecule has 3 unspecified atom stereocenters. The van der Waals surface area contributed by atoms with Gasteiger partial charge in [0, 0.05) is 6.20 Å². The summed E-state index contributed by atoms with van der Waals surface area (Å²) in [5.74, 6) is 1.02. The van der Waals surface area contributed by atoms with Gasteiger partial charge in [-0.15, -0.1) is 0 Å². The Bertz CT molecular complexity index is 1420. The van der Waals surface area contributed by atoms with Crippen LogP contribution in [0.15, 0.2) is 40.0 Å². The molecule has 0 amide bonds. The van der Waals surface area contributed by atoms with Gasteiger partial charge in [-0.2, -0.15) is 4.98 Å². The van der Waals surface area contributed by atoms with Gasteiger partial charge in [0.05, 0.1) is 19.4 Å². The Kier molecular flexibility index (Phi) is 5.03. The molecule has 0 spiro atoms. The van der Waals surface area contributed by atoms with Gasteiger partial charge < -0.3 is 33.5 Å². The second kappa shape index (κ2) is 7.84. The van der Waals surface area contributed by atoms with Crippen LogP contribution in [0.5, 0.6) is 5.75 Å². The maximum atomic E-state index is 13.2. The van der Waals surface area contributed by atoms with E-state index in [9.17, 15) is 14.8 Å². The van der Waals surface area contributed by atoms with E-state index in [4.69, 9.17) is 18.5 Å². The van der Waals surface area contributed by atoms with Gasteiger partial charge in [0.15, 0.2) is 22.1 Å². The number of fused-ring (bicyclic) bond motifs is 3. The van der Waals surface area contributed by atoms with Crippen LogP contribution in [0.4, 0.5) is 0 Å². The number of imidazole rings is 2. The lowest BCUT2D eigenvalue weighted by atomic mass is 10.1. The molecule has 6 rings (SSSR count). The molecule has 2 fully saturated rings. The van der Waals surface area contributed by atoms with Crippen molar-refractivity contribution >= 4 is 41.5 Å². The summed E-state index contributed by atoms with van der Waals surface area (Å²) in [5.41, 5.74) is 1.48. The number of aromatic amines is 1. The fourth-order valence-electron chi connectivity index (χ4n) is 4.11. The molecule has 5 heterocycles. The second-order valence-electron chi connectivity index (χ2n) is 7.59. The number of aliphatic hydroxyl groups excluding tert-OH is 1. The number of ether oxygens (including phenoxy) is 2. The minimum atomic E-state index is -2.08. The summed E-state index contributed by atoms with van der Waals surface area (Å²) < 4.78 is 24.7. The van der Waals surface area contributed by atoms with Crippen molar-refractivity contribution in [2.75, 3.05) is 13.7 Å². The van der Waals surface area contributed by atoms with Gasteiger partial charge in [-0.3, -0.25) is 9.36 Å². The van der Waals surface area contributed by atoms with E-state index >= 15 is 0 Å². The van der Waals surface area contributed by atoms with Crippen LogP contribution in [0.25, 0.3) is 28.2 Å². The second-order valence-corrected chi connectivity index (χ2v) is 9.24. The van der Waals surface area contributed by atoms with E-state index in [0.717, 1.165) is 11.3 Å². The number of aliphatic hydroxyl groups is 1. The fraction of sp³-hybridized carbons (Fsp3) is 0.316. The zero-order valence-electron chi connectivity index (χ0n) is 17.0. The third-order valence-corrected chi connectivity index (χ3v) is 7.09. The Morgan fingerprint density at radius 1 is 1.30 bits per heavy atom. The Hall–Kier alpha value is -2.38. The predicted octanol–water partition coefficient (Wildman–Crippen LogP) is 1.70. The summed E-state index contributed by atoms with van der Waals surface area (Å²) in [6, 6.07) is 7.38. The molecule has 33 heavy (non-hydrogen) atoms. The average molecular weight is 538 g/mol. The molecule has 0 saturated carbocycles. The van der Waals surface area contributed by atoms with Crippen LogP contribution >= 0.6 is 24.5 Å². The number of nitrogens with one attached hydrogen (secondary N) is 1. The highest BCUT2D eigenvalue weighted by Crippen LogP contribution is 2.47. The normalized spacial score (nSPS) is 27.3. The van der Waals surface area contributed by atoms with Crippen molar-refractivity contribution in [3.05, 3.63) is 45.5 Å². The molecule has 4 aromatic rings. The summed E-state index contributed by atoms with van der Waals surface area (Å²) in [5, 5.41) is 10.8. The van der Waals surface area contributed by atoms with Crippen molar-refractivity contribution in [2.45, 2.75) is 24.5 Å². The van der Waals surface area contributed by atoms with E-state index in [-0.39, 0.29) is 28.1 Å². The number of halogens is 1. The highest BCUT2D eigenvalue weighted by atomic mass is 79.9. The largest absolute Gasteiger partial charge is 0.497 e. The predicted molar refractivity (Wildman–Crippen MR) is 119 cm³/mol. The van der Waals surface area contributed by atoms with Crippen molar-refractivity contribution in [3.63, 3.8) is 0 Å². The number of methoxy groups -OCH3 is 1.